The Morgan fingerprint density at radius 2 is 1.46 bits per heavy atom. The molecule has 0 unspecified atom stereocenters. The molecule has 4 nitrogen and oxygen atoms in total. The van der Waals surface area contributed by atoms with Crippen molar-refractivity contribution in [3.8, 4) is 6.07 Å². The molecule has 1 aliphatic heterocycles. The van der Waals surface area contributed by atoms with E-state index >= 15 is 0 Å². The third kappa shape index (κ3) is 6.08. The first-order valence-electron chi connectivity index (χ1n) is 11.1. The fourth-order valence-electron chi connectivity index (χ4n) is 3.98. The minimum atomic E-state index is -0.480. The van der Waals surface area contributed by atoms with Crippen molar-refractivity contribution in [1.29, 1.82) is 5.26 Å². The van der Waals surface area contributed by atoms with Crippen LogP contribution in [0.1, 0.15) is 33.3 Å². The standard InChI is InChI=1S/C30H25N3O.CH4/c1-30(2)21-24(29(22-31)32-3)20-28(34-30)19-16-23-14-17-27(18-15-23)33(25-10-6-4-7-11-25)26-12-8-5-9-13-26;/h4-20H,21H2,1-2H3;1H4/b19-16+,29-24+;. The summed E-state index contributed by atoms with van der Waals surface area (Å²) in [4.78, 5) is 5.58. The summed E-state index contributed by atoms with van der Waals surface area (Å²) in [5.41, 5.74) is 4.61. The SMILES string of the molecule is C.[C-]#[N+]/C(C#N)=C1C=C(/C=C/c2ccc(N(c3ccccc3)c3ccccc3)cc2)OC(C)(C)C\1. The first kappa shape index (κ1) is 25.1. The fraction of sp³-hybridized carbons (Fsp3) is 0.161. The number of hydrogen-bond donors (Lipinski definition) is 0. The molecule has 0 amide bonds. The molecule has 1 aliphatic rings. The molecule has 174 valence electrons. The predicted octanol–water partition coefficient (Wildman–Crippen LogP) is 8.59. The highest BCUT2D eigenvalue weighted by molar-refractivity contribution is 5.77. The number of para-hydroxylation sites is 2. The van der Waals surface area contributed by atoms with Gasteiger partial charge in [-0.15, -0.1) is 0 Å². The highest BCUT2D eigenvalue weighted by Crippen LogP contribution is 2.35. The highest BCUT2D eigenvalue weighted by atomic mass is 16.5. The van der Waals surface area contributed by atoms with Crippen LogP contribution in [0.15, 0.2) is 114 Å². The lowest BCUT2D eigenvalue weighted by molar-refractivity contribution is 0.0356. The average molecular weight is 460 g/mol. The van der Waals surface area contributed by atoms with Crippen LogP contribution < -0.4 is 4.90 Å². The summed E-state index contributed by atoms with van der Waals surface area (Å²) in [6, 6.07) is 30.9. The van der Waals surface area contributed by atoms with Crippen LogP contribution in [-0.2, 0) is 4.74 Å². The molecular formula is C31H29N3O. The number of nitriles is 1. The van der Waals surface area contributed by atoms with Gasteiger partial charge in [-0.05, 0) is 73.5 Å². The minimum absolute atomic E-state index is 0. The second kappa shape index (κ2) is 11.1. The zero-order chi connectivity index (χ0) is 24.0. The first-order chi connectivity index (χ1) is 16.5. The van der Waals surface area contributed by atoms with E-state index in [1.165, 1.54) is 0 Å². The second-order valence-electron chi connectivity index (χ2n) is 8.61. The molecule has 0 fully saturated rings. The van der Waals surface area contributed by atoms with Gasteiger partial charge in [0.2, 0.25) is 0 Å². The maximum absolute atomic E-state index is 9.26. The molecule has 0 atom stereocenters. The van der Waals surface area contributed by atoms with E-state index in [4.69, 9.17) is 11.3 Å². The molecule has 0 N–H and O–H groups in total. The van der Waals surface area contributed by atoms with Crippen LogP contribution in [0.5, 0.6) is 0 Å². The van der Waals surface area contributed by atoms with Crippen LogP contribution in [0.3, 0.4) is 0 Å². The zero-order valence-corrected chi connectivity index (χ0v) is 19.3. The molecular weight excluding hydrogens is 430 g/mol. The van der Waals surface area contributed by atoms with Gasteiger partial charge in [-0.3, -0.25) is 0 Å². The number of nitrogens with zero attached hydrogens (tertiary/aromatic N) is 3. The lowest BCUT2D eigenvalue weighted by atomic mass is 9.93. The first-order valence-corrected chi connectivity index (χ1v) is 11.1. The summed E-state index contributed by atoms with van der Waals surface area (Å²) in [5, 5.41) is 9.26. The Balaban J connectivity index is 0.00000342. The van der Waals surface area contributed by atoms with Crippen molar-refractivity contribution in [2.75, 3.05) is 4.90 Å². The summed E-state index contributed by atoms with van der Waals surface area (Å²) < 4.78 is 6.06. The average Bonchev–Trinajstić information content (AvgIpc) is 2.85. The maximum atomic E-state index is 9.26. The molecule has 0 aromatic heterocycles. The molecule has 35 heavy (non-hydrogen) atoms. The third-order valence-corrected chi connectivity index (χ3v) is 5.47. The third-order valence-electron chi connectivity index (χ3n) is 5.47. The van der Waals surface area contributed by atoms with Gasteiger partial charge >= 0.3 is 0 Å². The van der Waals surface area contributed by atoms with E-state index in [1.54, 1.807) is 6.08 Å². The van der Waals surface area contributed by atoms with Gasteiger partial charge in [0.1, 0.15) is 11.4 Å². The van der Waals surface area contributed by atoms with Gasteiger partial charge in [0.05, 0.1) is 12.6 Å². The summed E-state index contributed by atoms with van der Waals surface area (Å²) in [6.07, 6.45) is 6.19. The number of ether oxygens (including phenoxy) is 1. The zero-order valence-electron chi connectivity index (χ0n) is 19.3. The minimum Gasteiger partial charge on any atom is -0.488 e. The van der Waals surface area contributed by atoms with Gasteiger partial charge in [-0.1, -0.05) is 62.0 Å². The normalized spacial score (nSPS) is 15.6. The Kier molecular flexibility index (Phi) is 7.92. The van der Waals surface area contributed by atoms with Crippen LogP contribution in [0.25, 0.3) is 10.9 Å². The topological polar surface area (TPSA) is 40.6 Å². The van der Waals surface area contributed by atoms with E-state index in [0.717, 1.165) is 22.6 Å². The van der Waals surface area contributed by atoms with Crippen LogP contribution in [0, 0.1) is 17.9 Å². The molecule has 3 aromatic carbocycles. The fourth-order valence-corrected chi connectivity index (χ4v) is 3.98. The Bertz CT molecular complexity index is 1260. The van der Waals surface area contributed by atoms with E-state index in [9.17, 15) is 5.26 Å². The largest absolute Gasteiger partial charge is 0.488 e. The van der Waals surface area contributed by atoms with Crippen molar-refractivity contribution in [3.05, 3.63) is 131 Å². The summed E-state index contributed by atoms with van der Waals surface area (Å²) >= 11 is 0. The number of hydrogen-bond acceptors (Lipinski definition) is 3. The molecule has 0 aliphatic carbocycles. The molecule has 0 saturated heterocycles. The van der Waals surface area contributed by atoms with E-state index in [0.29, 0.717) is 17.8 Å². The van der Waals surface area contributed by atoms with Crippen LogP contribution >= 0.6 is 0 Å². The van der Waals surface area contributed by atoms with Crippen molar-refractivity contribution in [3.63, 3.8) is 0 Å². The van der Waals surface area contributed by atoms with Gasteiger partial charge in [-0.2, -0.15) is 0 Å². The lowest BCUT2D eigenvalue weighted by Gasteiger charge is -2.32. The molecule has 0 bridgehead atoms. The van der Waals surface area contributed by atoms with E-state index < -0.39 is 5.60 Å². The molecule has 0 spiro atoms. The van der Waals surface area contributed by atoms with Gasteiger partial charge in [0.15, 0.2) is 0 Å². The van der Waals surface area contributed by atoms with Crippen LogP contribution in [0.4, 0.5) is 17.1 Å². The van der Waals surface area contributed by atoms with Crippen molar-refractivity contribution in [2.24, 2.45) is 0 Å². The van der Waals surface area contributed by atoms with Crippen molar-refractivity contribution in [1.82, 2.24) is 0 Å². The number of rotatable bonds is 5. The monoisotopic (exact) mass is 459 g/mol. The van der Waals surface area contributed by atoms with Gasteiger partial charge < -0.3 is 9.64 Å². The molecule has 3 aromatic rings. The maximum Gasteiger partial charge on any atom is 0.265 e. The van der Waals surface area contributed by atoms with Crippen molar-refractivity contribution >= 4 is 23.1 Å². The van der Waals surface area contributed by atoms with E-state index in [-0.39, 0.29) is 13.1 Å². The smallest absolute Gasteiger partial charge is 0.265 e. The Morgan fingerprint density at radius 1 is 0.914 bits per heavy atom. The summed E-state index contributed by atoms with van der Waals surface area (Å²) in [6.45, 7) is 11.2. The molecule has 4 rings (SSSR count). The summed E-state index contributed by atoms with van der Waals surface area (Å²) in [7, 11) is 0. The van der Waals surface area contributed by atoms with Crippen LogP contribution in [0.2, 0.25) is 0 Å². The number of anilines is 3. The molecule has 1 heterocycles. The Morgan fingerprint density at radius 3 is 1.97 bits per heavy atom. The Labute approximate surface area is 208 Å². The van der Waals surface area contributed by atoms with Crippen LogP contribution in [-0.4, -0.2) is 5.60 Å². The summed E-state index contributed by atoms with van der Waals surface area (Å²) in [5.74, 6) is 0.641. The lowest BCUT2D eigenvalue weighted by Crippen LogP contribution is -2.27. The van der Waals surface area contributed by atoms with E-state index in [1.807, 2.05) is 68.5 Å². The van der Waals surface area contributed by atoms with Crippen molar-refractivity contribution < 1.29 is 4.74 Å². The van der Waals surface area contributed by atoms with Gasteiger partial charge in [0.25, 0.3) is 5.70 Å². The number of allylic oxidation sites excluding steroid dienone is 3. The molecule has 4 heteroatoms. The molecule has 0 radical (unpaired) electrons. The highest BCUT2D eigenvalue weighted by Gasteiger charge is 2.27. The Hall–Kier alpha value is -4.54. The second-order valence-corrected chi connectivity index (χ2v) is 8.61. The quantitative estimate of drug-likeness (QED) is 0.283. The van der Waals surface area contributed by atoms with Crippen molar-refractivity contribution in [2.45, 2.75) is 33.3 Å². The van der Waals surface area contributed by atoms with E-state index in [2.05, 4.69) is 58.3 Å². The number of benzene rings is 3. The molecule has 0 saturated carbocycles. The van der Waals surface area contributed by atoms with Gasteiger partial charge in [-0.25, -0.2) is 10.1 Å². The predicted molar refractivity (Wildman–Crippen MR) is 144 cm³/mol. The van der Waals surface area contributed by atoms with Gasteiger partial charge in [0, 0.05) is 23.5 Å².